The first-order valence-corrected chi connectivity index (χ1v) is 10.6. The van der Waals surface area contributed by atoms with Crippen LogP contribution in [0, 0.1) is 11.6 Å². The second-order valence-electron chi connectivity index (χ2n) is 6.22. The van der Waals surface area contributed by atoms with Gasteiger partial charge >= 0.3 is 0 Å². The van der Waals surface area contributed by atoms with Crippen LogP contribution in [0.2, 0.25) is 0 Å². The van der Waals surface area contributed by atoms with Gasteiger partial charge < -0.3 is 4.90 Å². The topological polar surface area (TPSA) is 45.8 Å². The summed E-state index contributed by atoms with van der Waals surface area (Å²) in [6.07, 6.45) is 7.18. The minimum absolute atomic E-state index is 0.236. The zero-order valence-electron chi connectivity index (χ0n) is 14.4. The molecule has 0 unspecified atom stereocenters. The van der Waals surface area contributed by atoms with Crippen molar-refractivity contribution in [1.82, 2.24) is 14.6 Å². The van der Waals surface area contributed by atoms with Gasteiger partial charge in [0.25, 0.3) is 0 Å². The average molecular weight is 499 g/mol. The molecule has 0 spiro atoms. The summed E-state index contributed by atoms with van der Waals surface area (Å²) in [5.41, 5.74) is 1.93. The number of benzene rings is 1. The Morgan fingerprint density at radius 3 is 2.96 bits per heavy atom. The lowest BCUT2D eigenvalue weighted by molar-refractivity contribution is 0.560. The second-order valence-corrected chi connectivity index (χ2v) is 7.50. The third-order valence-corrected chi connectivity index (χ3v) is 6.23. The Balaban J connectivity index is 1.77. The molecule has 3 heterocycles. The maximum absolute atomic E-state index is 14.3. The first kappa shape index (κ1) is 18.6. The lowest BCUT2D eigenvalue weighted by Crippen LogP contribution is -2.24. The number of halogens is 3. The Labute approximate surface area is 173 Å². The molecule has 1 aromatic carbocycles. The molecule has 0 saturated carbocycles. The molecule has 1 fully saturated rings. The predicted octanol–water partition coefficient (Wildman–Crippen LogP) is 4.81. The summed E-state index contributed by atoms with van der Waals surface area (Å²) >= 11 is 3.49. The molecular formula is C18H16F2IN5S. The number of rotatable bonds is 3. The smallest absolute Gasteiger partial charge is 0.167 e. The van der Waals surface area contributed by atoms with Crippen LogP contribution in [-0.2, 0) is 0 Å². The van der Waals surface area contributed by atoms with Crippen molar-refractivity contribution in [1.29, 1.82) is 0 Å². The third kappa shape index (κ3) is 3.42. The number of hydrogen-bond acceptors (Lipinski definition) is 5. The van der Waals surface area contributed by atoms with Gasteiger partial charge in [0.2, 0.25) is 0 Å². The molecule has 0 amide bonds. The molecule has 1 atom stereocenters. The number of aromatic nitrogens is 3. The highest BCUT2D eigenvalue weighted by Gasteiger charge is 2.30. The van der Waals surface area contributed by atoms with Gasteiger partial charge in [0, 0.05) is 18.3 Å². The van der Waals surface area contributed by atoms with E-state index in [9.17, 15) is 8.78 Å². The molecule has 9 heteroatoms. The van der Waals surface area contributed by atoms with Crippen molar-refractivity contribution in [2.45, 2.75) is 18.9 Å². The average Bonchev–Trinajstić information content (AvgIpc) is 3.32. The molecule has 27 heavy (non-hydrogen) atoms. The molecule has 0 N–H and O–H groups in total. The minimum Gasteiger partial charge on any atom is -0.349 e. The van der Waals surface area contributed by atoms with Crippen molar-refractivity contribution in [3.05, 3.63) is 59.4 Å². The summed E-state index contributed by atoms with van der Waals surface area (Å²) in [6, 6.07) is 5.25. The summed E-state index contributed by atoms with van der Waals surface area (Å²) in [7, 11) is 0. The standard InChI is InChI=1S/C18H16F2IN5S/c1-27-18(24-21)13-10-22-26-8-6-16(23-17(13)26)25-7-2-3-15(25)12-9-11(19)4-5-14(12)20/h4-6,8-10,15H,2-3,7H2,1H3/t15-/m1/s1. The van der Waals surface area contributed by atoms with Crippen LogP contribution in [0.25, 0.3) is 5.65 Å². The van der Waals surface area contributed by atoms with Gasteiger partial charge in [0.05, 0.1) is 40.7 Å². The molecule has 0 bridgehead atoms. The number of anilines is 1. The molecule has 4 rings (SSSR count). The molecule has 0 aliphatic carbocycles. The van der Waals surface area contributed by atoms with Gasteiger partial charge in [-0.1, -0.05) is 0 Å². The van der Waals surface area contributed by atoms with E-state index in [0.29, 0.717) is 11.2 Å². The first-order chi connectivity index (χ1) is 13.1. The van der Waals surface area contributed by atoms with Crippen molar-refractivity contribution in [2.24, 2.45) is 3.21 Å². The van der Waals surface area contributed by atoms with Crippen molar-refractivity contribution in [3.8, 4) is 0 Å². The van der Waals surface area contributed by atoms with Gasteiger partial charge in [0.1, 0.15) is 22.5 Å². The van der Waals surface area contributed by atoms with Crippen LogP contribution in [-0.4, -0.2) is 32.4 Å². The van der Waals surface area contributed by atoms with Crippen LogP contribution in [0.1, 0.15) is 30.0 Å². The van der Waals surface area contributed by atoms with E-state index in [2.05, 4.69) is 8.30 Å². The van der Waals surface area contributed by atoms with Crippen LogP contribution in [0.5, 0.6) is 0 Å². The number of fused-ring (bicyclic) bond motifs is 1. The van der Waals surface area contributed by atoms with Crippen LogP contribution < -0.4 is 4.90 Å². The van der Waals surface area contributed by atoms with Crippen LogP contribution in [0.15, 0.2) is 39.9 Å². The fourth-order valence-electron chi connectivity index (χ4n) is 3.49. The van der Waals surface area contributed by atoms with E-state index >= 15 is 0 Å². The van der Waals surface area contributed by atoms with Crippen LogP contribution in [0.3, 0.4) is 0 Å². The summed E-state index contributed by atoms with van der Waals surface area (Å²) in [6.45, 7) is 0.739. The van der Waals surface area contributed by atoms with Gasteiger partial charge in [0.15, 0.2) is 5.65 Å². The lowest BCUT2D eigenvalue weighted by atomic mass is 10.0. The fourth-order valence-corrected chi connectivity index (χ4v) is 4.78. The van der Waals surface area contributed by atoms with Gasteiger partial charge in [-0.3, -0.25) is 0 Å². The maximum atomic E-state index is 14.3. The molecule has 0 radical (unpaired) electrons. The molecular weight excluding hydrogens is 483 g/mol. The maximum Gasteiger partial charge on any atom is 0.167 e. The highest BCUT2D eigenvalue weighted by atomic mass is 127. The van der Waals surface area contributed by atoms with E-state index in [1.54, 1.807) is 10.7 Å². The molecule has 1 saturated heterocycles. The van der Waals surface area contributed by atoms with Crippen molar-refractivity contribution in [3.63, 3.8) is 0 Å². The van der Waals surface area contributed by atoms with Crippen LogP contribution in [0.4, 0.5) is 14.6 Å². The third-order valence-electron chi connectivity index (χ3n) is 4.72. The Morgan fingerprint density at radius 1 is 1.33 bits per heavy atom. The van der Waals surface area contributed by atoms with E-state index in [4.69, 9.17) is 4.98 Å². The molecule has 3 aromatic rings. The second kappa shape index (κ2) is 7.70. The number of hydrogen-bond donors (Lipinski definition) is 0. The quantitative estimate of drug-likeness (QED) is 0.295. The van der Waals surface area contributed by atoms with E-state index < -0.39 is 5.82 Å². The van der Waals surface area contributed by atoms with Gasteiger partial charge in [-0.2, -0.15) is 5.10 Å². The Bertz CT molecular complexity index is 1020. The fraction of sp³-hybridized carbons (Fsp3) is 0.278. The van der Waals surface area contributed by atoms with Crippen molar-refractivity contribution in [2.75, 3.05) is 17.7 Å². The van der Waals surface area contributed by atoms with Crippen molar-refractivity contribution >= 4 is 51.1 Å². The Kier molecular flexibility index (Phi) is 5.31. The summed E-state index contributed by atoms with van der Waals surface area (Å²) < 4.78 is 34.0. The Morgan fingerprint density at radius 2 is 2.19 bits per heavy atom. The van der Waals surface area contributed by atoms with Crippen molar-refractivity contribution < 1.29 is 8.78 Å². The van der Waals surface area contributed by atoms with E-state index in [-0.39, 0.29) is 11.9 Å². The zero-order valence-corrected chi connectivity index (χ0v) is 17.4. The largest absolute Gasteiger partial charge is 0.349 e. The molecule has 1 aliphatic rings. The van der Waals surface area contributed by atoms with E-state index in [0.717, 1.165) is 41.9 Å². The summed E-state index contributed by atoms with van der Waals surface area (Å²) in [5.74, 6) is -0.0898. The van der Waals surface area contributed by atoms with E-state index in [1.165, 1.54) is 23.9 Å². The van der Waals surface area contributed by atoms with Gasteiger partial charge in [-0.05, 0) is 43.4 Å². The Hall–Kier alpha value is -1.75. The number of nitrogens with zero attached hydrogens (tertiary/aromatic N) is 5. The van der Waals surface area contributed by atoms with E-state index in [1.807, 2.05) is 46.3 Å². The monoisotopic (exact) mass is 499 g/mol. The summed E-state index contributed by atoms with van der Waals surface area (Å²) in [4.78, 5) is 6.81. The lowest BCUT2D eigenvalue weighted by Gasteiger charge is -2.26. The normalized spacial score (nSPS) is 17.9. The van der Waals surface area contributed by atoms with Gasteiger partial charge in [-0.15, -0.1) is 11.8 Å². The minimum atomic E-state index is -0.428. The first-order valence-electron chi connectivity index (χ1n) is 8.41. The SMILES string of the molecule is CSC(=NI)c1cnn2ccc(N3CCC[C@@H]3c3cc(F)ccc3F)nc12. The van der Waals surface area contributed by atoms with Crippen LogP contribution >= 0.6 is 34.6 Å². The molecule has 140 valence electrons. The summed E-state index contributed by atoms with van der Waals surface area (Å²) in [5, 5.41) is 5.17. The molecule has 1 aliphatic heterocycles. The highest BCUT2D eigenvalue weighted by Crippen LogP contribution is 2.37. The molecule has 2 aromatic heterocycles. The predicted molar refractivity (Wildman–Crippen MR) is 113 cm³/mol. The number of thioether (sulfide) groups is 1. The van der Waals surface area contributed by atoms with Gasteiger partial charge in [-0.25, -0.2) is 21.5 Å². The zero-order chi connectivity index (χ0) is 19.0. The molecule has 5 nitrogen and oxygen atoms in total. The highest BCUT2D eigenvalue weighted by molar-refractivity contribution is 14.1.